The number of hydrogen-bond acceptors (Lipinski definition) is 2. The molecule has 1 aliphatic heterocycles. The Morgan fingerprint density at radius 1 is 1.44 bits per heavy atom. The number of rotatable bonds is 3. The van der Waals surface area contributed by atoms with Crippen molar-refractivity contribution in [3.05, 3.63) is 34.6 Å². The molecule has 2 rings (SSSR count). The largest absolute Gasteiger partial charge is 0.328 e. The Morgan fingerprint density at radius 2 is 2.11 bits per heavy atom. The van der Waals surface area contributed by atoms with E-state index in [4.69, 9.17) is 17.3 Å². The van der Waals surface area contributed by atoms with E-state index in [1.165, 1.54) is 0 Å². The van der Waals surface area contributed by atoms with Crippen molar-refractivity contribution >= 4 is 11.6 Å². The topological polar surface area (TPSA) is 29.3 Å². The van der Waals surface area contributed by atoms with Gasteiger partial charge in [-0.05, 0) is 44.8 Å². The lowest BCUT2D eigenvalue weighted by Crippen LogP contribution is -2.39. The molecular weight excluding hydrogens is 251 g/mol. The molecule has 1 aliphatic rings. The molecule has 0 amide bonds. The SMILES string of the molecule is CC(N)C1CCN(Cc2cccc(Cl)c2F)CC1. The smallest absolute Gasteiger partial charge is 0.146 e. The average Bonchev–Trinajstić information content (AvgIpc) is 2.36. The highest BCUT2D eigenvalue weighted by Gasteiger charge is 2.22. The summed E-state index contributed by atoms with van der Waals surface area (Å²) in [4.78, 5) is 2.27. The third kappa shape index (κ3) is 3.22. The van der Waals surface area contributed by atoms with Crippen LogP contribution in [0.25, 0.3) is 0 Å². The molecule has 100 valence electrons. The highest BCUT2D eigenvalue weighted by Crippen LogP contribution is 2.23. The average molecular weight is 271 g/mol. The summed E-state index contributed by atoms with van der Waals surface area (Å²) >= 11 is 5.79. The van der Waals surface area contributed by atoms with Gasteiger partial charge in [-0.15, -0.1) is 0 Å². The third-order valence-corrected chi connectivity index (χ3v) is 4.09. The maximum atomic E-state index is 13.8. The highest BCUT2D eigenvalue weighted by molar-refractivity contribution is 6.30. The van der Waals surface area contributed by atoms with Crippen LogP contribution in [0, 0.1) is 11.7 Å². The molecule has 1 heterocycles. The fourth-order valence-electron chi connectivity index (χ4n) is 2.55. The molecule has 2 N–H and O–H groups in total. The second-order valence-corrected chi connectivity index (χ2v) is 5.59. The fourth-order valence-corrected chi connectivity index (χ4v) is 2.74. The molecule has 4 heteroatoms. The van der Waals surface area contributed by atoms with Gasteiger partial charge in [-0.25, -0.2) is 4.39 Å². The molecular formula is C14H20ClFN2. The van der Waals surface area contributed by atoms with E-state index in [-0.39, 0.29) is 16.9 Å². The predicted molar refractivity (Wildman–Crippen MR) is 73.1 cm³/mol. The summed E-state index contributed by atoms with van der Waals surface area (Å²) in [6.45, 7) is 4.67. The third-order valence-electron chi connectivity index (χ3n) is 3.80. The lowest BCUT2D eigenvalue weighted by Gasteiger charge is -2.33. The summed E-state index contributed by atoms with van der Waals surface area (Å²) in [6.07, 6.45) is 2.19. The van der Waals surface area contributed by atoms with Gasteiger partial charge < -0.3 is 5.73 Å². The number of nitrogens with two attached hydrogens (primary N) is 1. The van der Waals surface area contributed by atoms with Gasteiger partial charge >= 0.3 is 0 Å². The lowest BCUT2D eigenvalue weighted by atomic mass is 9.91. The number of halogens is 2. The van der Waals surface area contributed by atoms with Gasteiger partial charge in [0.05, 0.1) is 5.02 Å². The minimum absolute atomic E-state index is 0.206. The van der Waals surface area contributed by atoms with Crippen LogP contribution >= 0.6 is 11.6 Å². The summed E-state index contributed by atoms with van der Waals surface area (Å²) in [7, 11) is 0. The number of benzene rings is 1. The number of piperidine rings is 1. The molecule has 0 bridgehead atoms. The van der Waals surface area contributed by atoms with Crippen molar-refractivity contribution in [2.24, 2.45) is 11.7 Å². The maximum absolute atomic E-state index is 13.8. The fraction of sp³-hybridized carbons (Fsp3) is 0.571. The van der Waals surface area contributed by atoms with Gasteiger partial charge in [-0.2, -0.15) is 0 Å². The van der Waals surface area contributed by atoms with E-state index < -0.39 is 0 Å². The van der Waals surface area contributed by atoms with Crippen LogP contribution < -0.4 is 5.73 Å². The van der Waals surface area contributed by atoms with Crippen LogP contribution in [0.15, 0.2) is 18.2 Å². The summed E-state index contributed by atoms with van der Waals surface area (Å²) in [5, 5.41) is 0.206. The Labute approximate surface area is 113 Å². The normalized spacial score (nSPS) is 20.0. The minimum Gasteiger partial charge on any atom is -0.328 e. The quantitative estimate of drug-likeness (QED) is 0.915. The van der Waals surface area contributed by atoms with Crippen molar-refractivity contribution in [3.63, 3.8) is 0 Å². The van der Waals surface area contributed by atoms with E-state index in [2.05, 4.69) is 11.8 Å². The van der Waals surface area contributed by atoms with Crippen LogP contribution in [0.1, 0.15) is 25.3 Å². The first-order chi connectivity index (χ1) is 8.58. The van der Waals surface area contributed by atoms with E-state index in [9.17, 15) is 4.39 Å². The maximum Gasteiger partial charge on any atom is 0.146 e. The standard InChI is InChI=1S/C14H20ClFN2/c1-10(17)11-5-7-18(8-6-11)9-12-3-2-4-13(15)14(12)16/h2-4,10-11H,5-9,17H2,1H3. The van der Waals surface area contributed by atoms with Crippen molar-refractivity contribution in [1.29, 1.82) is 0 Å². The molecule has 0 spiro atoms. The summed E-state index contributed by atoms with van der Waals surface area (Å²) < 4.78 is 13.8. The highest BCUT2D eigenvalue weighted by atomic mass is 35.5. The second-order valence-electron chi connectivity index (χ2n) is 5.19. The number of hydrogen-bond donors (Lipinski definition) is 1. The van der Waals surface area contributed by atoms with E-state index in [0.29, 0.717) is 18.0 Å². The minimum atomic E-state index is -0.284. The van der Waals surface area contributed by atoms with Crippen LogP contribution in [-0.4, -0.2) is 24.0 Å². The van der Waals surface area contributed by atoms with E-state index in [1.54, 1.807) is 18.2 Å². The van der Waals surface area contributed by atoms with Crippen LogP contribution in [0.2, 0.25) is 5.02 Å². The van der Waals surface area contributed by atoms with Gasteiger partial charge in [0, 0.05) is 18.2 Å². The number of likely N-dealkylation sites (tertiary alicyclic amines) is 1. The van der Waals surface area contributed by atoms with E-state index in [0.717, 1.165) is 25.9 Å². The Balaban J connectivity index is 1.94. The molecule has 1 aromatic rings. The van der Waals surface area contributed by atoms with Crippen molar-refractivity contribution in [1.82, 2.24) is 4.90 Å². The first-order valence-corrected chi connectivity index (χ1v) is 6.86. The van der Waals surface area contributed by atoms with Gasteiger partial charge in [0.25, 0.3) is 0 Å². The van der Waals surface area contributed by atoms with Crippen LogP contribution in [0.3, 0.4) is 0 Å². The van der Waals surface area contributed by atoms with Crippen molar-refractivity contribution in [2.75, 3.05) is 13.1 Å². The number of nitrogens with zero attached hydrogens (tertiary/aromatic N) is 1. The molecule has 1 unspecified atom stereocenters. The zero-order valence-electron chi connectivity index (χ0n) is 10.7. The van der Waals surface area contributed by atoms with E-state index in [1.807, 2.05) is 0 Å². The monoisotopic (exact) mass is 270 g/mol. The molecule has 1 fully saturated rings. The van der Waals surface area contributed by atoms with Gasteiger partial charge in [-0.3, -0.25) is 4.90 Å². The molecule has 0 aromatic heterocycles. The van der Waals surface area contributed by atoms with Gasteiger partial charge in [-0.1, -0.05) is 23.7 Å². The van der Waals surface area contributed by atoms with Gasteiger partial charge in [0.1, 0.15) is 5.82 Å². The molecule has 1 aromatic carbocycles. The van der Waals surface area contributed by atoms with Crippen molar-refractivity contribution in [2.45, 2.75) is 32.4 Å². The Morgan fingerprint density at radius 3 is 2.72 bits per heavy atom. The second kappa shape index (κ2) is 6.00. The molecule has 18 heavy (non-hydrogen) atoms. The summed E-state index contributed by atoms with van der Waals surface area (Å²) in [5.74, 6) is 0.318. The molecule has 0 radical (unpaired) electrons. The summed E-state index contributed by atoms with van der Waals surface area (Å²) in [6, 6.07) is 5.45. The molecule has 0 saturated carbocycles. The zero-order valence-corrected chi connectivity index (χ0v) is 11.5. The van der Waals surface area contributed by atoms with Crippen LogP contribution in [0.4, 0.5) is 4.39 Å². The Kier molecular flexibility index (Phi) is 4.60. The van der Waals surface area contributed by atoms with Crippen molar-refractivity contribution in [3.8, 4) is 0 Å². The first-order valence-electron chi connectivity index (χ1n) is 6.48. The van der Waals surface area contributed by atoms with Gasteiger partial charge in [0.15, 0.2) is 0 Å². The zero-order chi connectivity index (χ0) is 13.1. The Bertz CT molecular complexity index is 401. The summed E-state index contributed by atoms with van der Waals surface area (Å²) in [5.41, 5.74) is 6.60. The lowest BCUT2D eigenvalue weighted by molar-refractivity contribution is 0.164. The van der Waals surface area contributed by atoms with Crippen LogP contribution in [0.5, 0.6) is 0 Å². The molecule has 1 atom stereocenters. The Hall–Kier alpha value is -0.640. The van der Waals surface area contributed by atoms with E-state index >= 15 is 0 Å². The van der Waals surface area contributed by atoms with Crippen molar-refractivity contribution < 1.29 is 4.39 Å². The van der Waals surface area contributed by atoms with Crippen LogP contribution in [-0.2, 0) is 6.54 Å². The first kappa shape index (κ1) is 13.8. The molecule has 0 aliphatic carbocycles. The molecule has 1 saturated heterocycles. The van der Waals surface area contributed by atoms with Gasteiger partial charge in [0.2, 0.25) is 0 Å². The predicted octanol–water partition coefficient (Wildman–Crippen LogP) is 3.04. The molecule has 2 nitrogen and oxygen atoms in total.